The van der Waals surface area contributed by atoms with Crippen molar-refractivity contribution in [2.24, 2.45) is 0 Å². The van der Waals surface area contributed by atoms with E-state index in [9.17, 15) is 4.79 Å². The molecule has 1 heterocycles. The molecule has 118 valence electrons. The molecular formula is C15H30N2O3. The molecule has 0 radical (unpaired) electrons. The summed E-state index contributed by atoms with van der Waals surface area (Å²) in [5, 5.41) is 3.53. The van der Waals surface area contributed by atoms with Crippen LogP contribution in [0.4, 0.5) is 4.79 Å². The molecule has 5 nitrogen and oxygen atoms in total. The van der Waals surface area contributed by atoms with E-state index in [1.54, 1.807) is 4.90 Å². The fourth-order valence-electron chi connectivity index (χ4n) is 2.18. The summed E-state index contributed by atoms with van der Waals surface area (Å²) in [4.78, 5) is 13.7. The van der Waals surface area contributed by atoms with Crippen LogP contribution in [0.15, 0.2) is 0 Å². The van der Waals surface area contributed by atoms with Crippen LogP contribution in [0.2, 0.25) is 0 Å². The molecule has 1 amide bonds. The molecule has 1 fully saturated rings. The number of amides is 1. The predicted octanol–water partition coefficient (Wildman–Crippen LogP) is 2.40. The van der Waals surface area contributed by atoms with Crippen molar-refractivity contribution in [2.45, 2.75) is 58.6 Å². The average Bonchev–Trinajstić information content (AvgIpc) is 2.38. The van der Waals surface area contributed by atoms with Crippen LogP contribution in [0, 0.1) is 0 Å². The van der Waals surface area contributed by atoms with Crippen molar-refractivity contribution in [3.05, 3.63) is 0 Å². The quantitative estimate of drug-likeness (QED) is 0.762. The van der Waals surface area contributed by atoms with E-state index < -0.39 is 5.60 Å². The summed E-state index contributed by atoms with van der Waals surface area (Å²) in [6.45, 7) is 11.7. The highest BCUT2D eigenvalue weighted by molar-refractivity contribution is 5.68. The molecule has 0 aromatic heterocycles. The van der Waals surface area contributed by atoms with Crippen LogP contribution < -0.4 is 5.32 Å². The summed E-state index contributed by atoms with van der Waals surface area (Å²) >= 11 is 0. The van der Waals surface area contributed by atoms with Crippen LogP contribution in [0.5, 0.6) is 0 Å². The van der Waals surface area contributed by atoms with Crippen molar-refractivity contribution >= 4 is 6.09 Å². The number of nitrogens with one attached hydrogen (secondary N) is 1. The van der Waals surface area contributed by atoms with Gasteiger partial charge in [0.25, 0.3) is 0 Å². The van der Waals surface area contributed by atoms with E-state index >= 15 is 0 Å². The van der Waals surface area contributed by atoms with E-state index in [0.717, 1.165) is 45.6 Å². The maximum Gasteiger partial charge on any atom is 0.410 e. The lowest BCUT2D eigenvalue weighted by molar-refractivity contribution is 0.0257. The molecule has 1 saturated heterocycles. The fraction of sp³-hybridized carbons (Fsp3) is 0.933. The lowest BCUT2D eigenvalue weighted by Gasteiger charge is -2.27. The Kier molecular flexibility index (Phi) is 7.30. The van der Waals surface area contributed by atoms with Gasteiger partial charge in [0.1, 0.15) is 5.60 Å². The third kappa shape index (κ3) is 7.10. The van der Waals surface area contributed by atoms with Crippen LogP contribution in [0.25, 0.3) is 0 Å². The molecule has 1 N–H and O–H groups in total. The molecule has 1 aliphatic heterocycles. The van der Waals surface area contributed by atoms with Crippen LogP contribution in [-0.2, 0) is 9.47 Å². The number of nitrogens with zero attached hydrogens (tertiary/aromatic N) is 1. The minimum absolute atomic E-state index is 0.217. The molecule has 20 heavy (non-hydrogen) atoms. The standard InChI is InChI=1S/C15H30N2O3/c1-5-17(14(18)20-15(2,3)4)10-6-9-16-13-7-11-19-12-8-13/h13,16H,5-12H2,1-4H3. The molecule has 0 aliphatic carbocycles. The van der Waals surface area contributed by atoms with E-state index in [4.69, 9.17) is 9.47 Å². The maximum atomic E-state index is 12.0. The summed E-state index contributed by atoms with van der Waals surface area (Å²) in [7, 11) is 0. The minimum Gasteiger partial charge on any atom is -0.444 e. The van der Waals surface area contributed by atoms with E-state index in [1.165, 1.54) is 0 Å². The van der Waals surface area contributed by atoms with Gasteiger partial charge in [0.05, 0.1) is 0 Å². The van der Waals surface area contributed by atoms with E-state index in [2.05, 4.69) is 5.32 Å². The average molecular weight is 286 g/mol. The second kappa shape index (κ2) is 8.47. The first-order chi connectivity index (χ1) is 9.42. The number of hydrogen-bond donors (Lipinski definition) is 1. The second-order valence-electron chi connectivity index (χ2n) is 6.25. The summed E-state index contributed by atoms with van der Waals surface area (Å²) < 4.78 is 10.7. The largest absolute Gasteiger partial charge is 0.444 e. The molecule has 0 saturated carbocycles. The third-order valence-electron chi connectivity index (χ3n) is 3.29. The zero-order chi connectivity index (χ0) is 15.0. The Hall–Kier alpha value is -0.810. The first kappa shape index (κ1) is 17.2. The molecular weight excluding hydrogens is 256 g/mol. The lowest BCUT2D eigenvalue weighted by Crippen LogP contribution is -2.39. The summed E-state index contributed by atoms with van der Waals surface area (Å²) in [5.41, 5.74) is -0.426. The molecule has 0 aromatic rings. The van der Waals surface area contributed by atoms with Crippen LogP contribution in [0.3, 0.4) is 0 Å². The fourth-order valence-corrected chi connectivity index (χ4v) is 2.18. The van der Waals surface area contributed by atoms with Gasteiger partial charge < -0.3 is 19.7 Å². The Morgan fingerprint density at radius 3 is 2.55 bits per heavy atom. The van der Waals surface area contributed by atoms with Gasteiger partial charge in [-0.3, -0.25) is 0 Å². The smallest absolute Gasteiger partial charge is 0.410 e. The molecule has 0 unspecified atom stereocenters. The lowest BCUT2D eigenvalue weighted by atomic mass is 10.1. The van der Waals surface area contributed by atoms with Gasteiger partial charge in [-0.05, 0) is 53.5 Å². The van der Waals surface area contributed by atoms with Crippen molar-refractivity contribution in [3.8, 4) is 0 Å². The molecule has 1 aliphatic rings. The van der Waals surface area contributed by atoms with Crippen molar-refractivity contribution in [1.29, 1.82) is 0 Å². The van der Waals surface area contributed by atoms with Crippen molar-refractivity contribution in [1.82, 2.24) is 10.2 Å². The number of carbonyl (C=O) groups is 1. The van der Waals surface area contributed by atoms with Crippen molar-refractivity contribution in [3.63, 3.8) is 0 Å². The predicted molar refractivity (Wildman–Crippen MR) is 79.9 cm³/mol. The summed E-state index contributed by atoms with van der Waals surface area (Å²) in [5.74, 6) is 0. The highest BCUT2D eigenvalue weighted by Gasteiger charge is 2.20. The van der Waals surface area contributed by atoms with Gasteiger partial charge in [-0.15, -0.1) is 0 Å². The number of carbonyl (C=O) groups excluding carboxylic acids is 1. The van der Waals surface area contributed by atoms with Crippen molar-refractivity contribution in [2.75, 3.05) is 32.8 Å². The SMILES string of the molecule is CCN(CCCNC1CCOCC1)C(=O)OC(C)(C)C. The number of ether oxygens (including phenoxy) is 2. The van der Waals surface area contributed by atoms with Crippen LogP contribution in [-0.4, -0.2) is 55.5 Å². The molecule has 1 rings (SSSR count). The first-order valence-corrected chi connectivity index (χ1v) is 7.71. The van der Waals surface area contributed by atoms with Gasteiger partial charge in [0, 0.05) is 32.3 Å². The Morgan fingerprint density at radius 2 is 2.00 bits per heavy atom. The van der Waals surface area contributed by atoms with Gasteiger partial charge in [-0.2, -0.15) is 0 Å². The summed E-state index contributed by atoms with van der Waals surface area (Å²) in [6, 6.07) is 0.570. The molecule has 0 aromatic carbocycles. The maximum absolute atomic E-state index is 12.0. The van der Waals surface area contributed by atoms with Crippen LogP contribution >= 0.6 is 0 Å². The Labute approximate surface area is 123 Å². The Morgan fingerprint density at radius 1 is 1.35 bits per heavy atom. The van der Waals surface area contributed by atoms with Gasteiger partial charge >= 0.3 is 6.09 Å². The van der Waals surface area contributed by atoms with Gasteiger partial charge in [-0.25, -0.2) is 4.79 Å². The Balaban J connectivity index is 2.18. The number of rotatable bonds is 6. The zero-order valence-electron chi connectivity index (χ0n) is 13.4. The third-order valence-corrected chi connectivity index (χ3v) is 3.29. The van der Waals surface area contributed by atoms with E-state index in [1.807, 2.05) is 27.7 Å². The molecule has 0 atom stereocenters. The van der Waals surface area contributed by atoms with Gasteiger partial charge in [-0.1, -0.05) is 0 Å². The highest BCUT2D eigenvalue weighted by Crippen LogP contribution is 2.10. The minimum atomic E-state index is -0.426. The van der Waals surface area contributed by atoms with Crippen LogP contribution in [0.1, 0.15) is 47.0 Å². The van der Waals surface area contributed by atoms with E-state index in [-0.39, 0.29) is 6.09 Å². The first-order valence-electron chi connectivity index (χ1n) is 7.71. The zero-order valence-corrected chi connectivity index (χ0v) is 13.4. The normalized spacial score (nSPS) is 17.0. The summed E-state index contributed by atoms with van der Waals surface area (Å²) in [6.07, 6.45) is 2.91. The Bertz CT molecular complexity index is 283. The molecule has 0 spiro atoms. The second-order valence-corrected chi connectivity index (χ2v) is 6.25. The van der Waals surface area contributed by atoms with E-state index in [0.29, 0.717) is 12.6 Å². The molecule has 0 bridgehead atoms. The van der Waals surface area contributed by atoms with Gasteiger partial charge in [0.2, 0.25) is 0 Å². The van der Waals surface area contributed by atoms with Gasteiger partial charge in [0.15, 0.2) is 0 Å². The van der Waals surface area contributed by atoms with Crippen molar-refractivity contribution < 1.29 is 14.3 Å². The number of hydrogen-bond acceptors (Lipinski definition) is 4. The molecule has 5 heteroatoms. The monoisotopic (exact) mass is 286 g/mol. The highest BCUT2D eigenvalue weighted by atomic mass is 16.6. The topological polar surface area (TPSA) is 50.8 Å².